The first-order valence-corrected chi connectivity index (χ1v) is 5.34. The van der Waals surface area contributed by atoms with E-state index in [1.165, 1.54) is 12.4 Å². The average Bonchev–Trinajstić information content (AvgIpc) is 2.29. The van der Waals surface area contributed by atoms with E-state index in [1.807, 2.05) is 0 Å². The minimum absolute atomic E-state index is 0.0421. The number of hydrogen-bond donors (Lipinski definition) is 2. The SMILES string of the molecule is CCC(C)(CC)Nc1cncc(C(=O)O)n1. The quantitative estimate of drug-likeness (QED) is 0.800. The second-order valence-electron chi connectivity index (χ2n) is 3.99. The van der Waals surface area contributed by atoms with Gasteiger partial charge in [0.05, 0.1) is 12.4 Å². The fraction of sp³-hybridized carbons (Fsp3) is 0.545. The van der Waals surface area contributed by atoms with Gasteiger partial charge in [-0.15, -0.1) is 0 Å². The average molecular weight is 223 g/mol. The Hall–Kier alpha value is -1.65. The number of rotatable bonds is 5. The van der Waals surface area contributed by atoms with Gasteiger partial charge in [-0.05, 0) is 19.8 Å². The Labute approximate surface area is 94.9 Å². The summed E-state index contributed by atoms with van der Waals surface area (Å²) in [6.45, 7) is 6.22. The van der Waals surface area contributed by atoms with Gasteiger partial charge in [-0.1, -0.05) is 13.8 Å². The highest BCUT2D eigenvalue weighted by molar-refractivity contribution is 5.85. The van der Waals surface area contributed by atoms with Gasteiger partial charge in [-0.3, -0.25) is 4.98 Å². The van der Waals surface area contributed by atoms with E-state index in [2.05, 4.69) is 36.1 Å². The lowest BCUT2D eigenvalue weighted by atomic mass is 9.96. The molecular weight excluding hydrogens is 206 g/mol. The highest BCUT2D eigenvalue weighted by Crippen LogP contribution is 2.19. The van der Waals surface area contributed by atoms with Crippen molar-refractivity contribution in [2.45, 2.75) is 39.2 Å². The van der Waals surface area contributed by atoms with Crippen LogP contribution < -0.4 is 5.32 Å². The van der Waals surface area contributed by atoms with Crippen LogP contribution in [0.2, 0.25) is 0 Å². The molecule has 1 rings (SSSR count). The molecule has 0 fully saturated rings. The molecule has 0 aromatic carbocycles. The molecule has 0 aliphatic heterocycles. The second kappa shape index (κ2) is 4.92. The van der Waals surface area contributed by atoms with Crippen molar-refractivity contribution in [3.8, 4) is 0 Å². The van der Waals surface area contributed by atoms with Gasteiger partial charge >= 0.3 is 5.97 Å². The van der Waals surface area contributed by atoms with E-state index in [0.717, 1.165) is 12.8 Å². The van der Waals surface area contributed by atoms with Crippen molar-refractivity contribution in [1.29, 1.82) is 0 Å². The van der Waals surface area contributed by atoms with Crippen molar-refractivity contribution >= 4 is 11.8 Å². The lowest BCUT2D eigenvalue weighted by molar-refractivity contribution is 0.0690. The predicted octanol–water partition coefficient (Wildman–Crippen LogP) is 2.17. The van der Waals surface area contributed by atoms with Gasteiger partial charge in [0.25, 0.3) is 0 Å². The van der Waals surface area contributed by atoms with E-state index in [4.69, 9.17) is 5.11 Å². The van der Waals surface area contributed by atoms with Crippen LogP contribution >= 0.6 is 0 Å². The van der Waals surface area contributed by atoms with Gasteiger partial charge in [-0.2, -0.15) is 0 Å². The first kappa shape index (κ1) is 12.4. The number of aromatic carboxylic acids is 1. The van der Waals surface area contributed by atoms with E-state index < -0.39 is 5.97 Å². The monoisotopic (exact) mass is 223 g/mol. The third-order valence-electron chi connectivity index (χ3n) is 2.84. The summed E-state index contributed by atoms with van der Waals surface area (Å²) < 4.78 is 0. The third kappa shape index (κ3) is 2.92. The number of aromatic nitrogens is 2. The van der Waals surface area contributed by atoms with E-state index in [9.17, 15) is 4.79 Å². The fourth-order valence-corrected chi connectivity index (χ4v) is 1.27. The Morgan fingerprint density at radius 1 is 1.44 bits per heavy atom. The van der Waals surface area contributed by atoms with Crippen LogP contribution in [-0.4, -0.2) is 26.6 Å². The van der Waals surface area contributed by atoms with Crippen molar-refractivity contribution in [2.24, 2.45) is 0 Å². The zero-order valence-electron chi connectivity index (χ0n) is 9.82. The maximum atomic E-state index is 10.7. The molecule has 0 bridgehead atoms. The summed E-state index contributed by atoms with van der Waals surface area (Å²) >= 11 is 0. The molecule has 0 amide bonds. The number of carbonyl (C=O) groups is 1. The van der Waals surface area contributed by atoms with Crippen LogP contribution in [0.15, 0.2) is 12.4 Å². The molecule has 88 valence electrons. The molecule has 1 aromatic rings. The van der Waals surface area contributed by atoms with E-state index >= 15 is 0 Å². The molecule has 1 heterocycles. The van der Waals surface area contributed by atoms with Crippen LogP contribution in [0.25, 0.3) is 0 Å². The maximum Gasteiger partial charge on any atom is 0.356 e. The predicted molar refractivity (Wildman–Crippen MR) is 61.6 cm³/mol. The number of carboxylic acid groups (broad SMARTS) is 1. The van der Waals surface area contributed by atoms with Crippen LogP contribution in [0, 0.1) is 0 Å². The Morgan fingerprint density at radius 3 is 2.56 bits per heavy atom. The fourth-order valence-electron chi connectivity index (χ4n) is 1.27. The summed E-state index contributed by atoms with van der Waals surface area (Å²) in [5.41, 5.74) is -0.120. The summed E-state index contributed by atoms with van der Waals surface area (Å²) in [4.78, 5) is 18.6. The van der Waals surface area contributed by atoms with Crippen molar-refractivity contribution in [3.05, 3.63) is 18.1 Å². The molecule has 16 heavy (non-hydrogen) atoms. The van der Waals surface area contributed by atoms with Gasteiger partial charge < -0.3 is 10.4 Å². The van der Waals surface area contributed by atoms with Crippen molar-refractivity contribution in [2.75, 3.05) is 5.32 Å². The standard InChI is InChI=1S/C11H17N3O2/c1-4-11(3,5-2)14-9-7-12-6-8(13-9)10(15)16/h6-7H,4-5H2,1-3H3,(H,13,14)(H,15,16). The molecular formula is C11H17N3O2. The Morgan fingerprint density at radius 2 is 2.06 bits per heavy atom. The van der Waals surface area contributed by atoms with E-state index in [-0.39, 0.29) is 11.2 Å². The van der Waals surface area contributed by atoms with Crippen LogP contribution in [0.4, 0.5) is 5.82 Å². The molecule has 0 atom stereocenters. The van der Waals surface area contributed by atoms with Crippen molar-refractivity contribution in [3.63, 3.8) is 0 Å². The van der Waals surface area contributed by atoms with Gasteiger partial charge in [0.15, 0.2) is 5.69 Å². The topological polar surface area (TPSA) is 75.1 Å². The Bertz CT molecular complexity index is 375. The molecule has 0 aliphatic carbocycles. The summed E-state index contributed by atoms with van der Waals surface area (Å²) in [6.07, 6.45) is 4.64. The molecule has 0 aliphatic rings. The van der Waals surface area contributed by atoms with Crippen LogP contribution in [-0.2, 0) is 0 Å². The minimum atomic E-state index is -1.06. The maximum absolute atomic E-state index is 10.7. The summed E-state index contributed by atoms with van der Waals surface area (Å²) in [6, 6.07) is 0. The summed E-state index contributed by atoms with van der Waals surface area (Å²) in [5.74, 6) is -0.558. The first-order valence-electron chi connectivity index (χ1n) is 5.34. The molecule has 5 nitrogen and oxygen atoms in total. The number of hydrogen-bond acceptors (Lipinski definition) is 4. The van der Waals surface area contributed by atoms with Crippen molar-refractivity contribution < 1.29 is 9.90 Å². The molecule has 0 saturated heterocycles. The highest BCUT2D eigenvalue weighted by Gasteiger charge is 2.20. The van der Waals surface area contributed by atoms with Crippen LogP contribution in [0.5, 0.6) is 0 Å². The molecule has 0 unspecified atom stereocenters. The number of nitrogens with one attached hydrogen (secondary N) is 1. The second-order valence-corrected chi connectivity index (χ2v) is 3.99. The zero-order chi connectivity index (χ0) is 12.2. The molecule has 0 radical (unpaired) electrons. The third-order valence-corrected chi connectivity index (χ3v) is 2.84. The highest BCUT2D eigenvalue weighted by atomic mass is 16.4. The van der Waals surface area contributed by atoms with Crippen LogP contribution in [0.3, 0.4) is 0 Å². The Balaban J connectivity index is 2.89. The van der Waals surface area contributed by atoms with E-state index in [0.29, 0.717) is 5.82 Å². The lowest BCUT2D eigenvalue weighted by Crippen LogP contribution is -2.33. The summed E-state index contributed by atoms with van der Waals surface area (Å²) in [5, 5.41) is 12.0. The molecule has 1 aromatic heterocycles. The molecule has 5 heteroatoms. The summed E-state index contributed by atoms with van der Waals surface area (Å²) in [7, 11) is 0. The van der Waals surface area contributed by atoms with Gasteiger partial charge in [0.2, 0.25) is 0 Å². The normalized spacial score (nSPS) is 11.2. The Kier molecular flexibility index (Phi) is 3.82. The number of nitrogens with zero attached hydrogens (tertiary/aromatic N) is 2. The minimum Gasteiger partial charge on any atom is -0.476 e. The van der Waals surface area contributed by atoms with Crippen molar-refractivity contribution in [1.82, 2.24) is 9.97 Å². The first-order chi connectivity index (χ1) is 7.50. The number of anilines is 1. The zero-order valence-corrected chi connectivity index (χ0v) is 9.82. The number of carboxylic acids is 1. The largest absolute Gasteiger partial charge is 0.476 e. The van der Waals surface area contributed by atoms with Gasteiger partial charge in [0.1, 0.15) is 5.82 Å². The van der Waals surface area contributed by atoms with Gasteiger partial charge in [0, 0.05) is 5.54 Å². The lowest BCUT2D eigenvalue weighted by Gasteiger charge is -2.28. The molecule has 2 N–H and O–H groups in total. The van der Waals surface area contributed by atoms with E-state index in [1.54, 1.807) is 0 Å². The smallest absolute Gasteiger partial charge is 0.356 e. The van der Waals surface area contributed by atoms with Crippen LogP contribution in [0.1, 0.15) is 44.1 Å². The molecule has 0 saturated carbocycles. The molecule has 0 spiro atoms. The van der Waals surface area contributed by atoms with Gasteiger partial charge in [-0.25, -0.2) is 9.78 Å².